The fraction of sp³-hybridized carbons (Fsp3) is 0.533. The van der Waals surface area contributed by atoms with E-state index in [-0.39, 0.29) is 23.1 Å². The minimum Gasteiger partial charge on any atom is -0.477 e. The van der Waals surface area contributed by atoms with Crippen LogP contribution in [-0.4, -0.2) is 87.5 Å². The number of hydrogen-bond acceptors (Lipinski definition) is 11. The van der Waals surface area contributed by atoms with E-state index in [1.54, 1.807) is 13.3 Å². The molecule has 0 radical (unpaired) electrons. The Balaban J connectivity index is 1.78. The number of carboxylic acids is 1. The first kappa shape index (κ1) is 22.8. The standard InChI is InChI=1S/C15H17N7O4S4/c1-21-14(18-19-20-21)30-6-8-5-29-13-15(27-2,17-9(23)7-28-4-3-16)12(26)22(13)10(8)11(24)25/h13H,4-7H2,1-2H3,(H,17,23)(H,24,25)/t13?,15-/m0/s1. The summed E-state index contributed by atoms with van der Waals surface area (Å²) in [6, 6.07) is 1.94. The van der Waals surface area contributed by atoms with Gasteiger partial charge in [-0.05, 0) is 22.3 Å². The summed E-state index contributed by atoms with van der Waals surface area (Å²) in [5, 5.41) is 32.3. The van der Waals surface area contributed by atoms with E-state index in [4.69, 9.17) is 5.26 Å². The van der Waals surface area contributed by atoms with Crippen LogP contribution < -0.4 is 5.32 Å². The van der Waals surface area contributed by atoms with Gasteiger partial charge in [-0.3, -0.25) is 14.5 Å². The average molecular weight is 488 g/mol. The van der Waals surface area contributed by atoms with Gasteiger partial charge in [0.2, 0.25) is 11.1 Å². The summed E-state index contributed by atoms with van der Waals surface area (Å²) in [7, 11) is 1.68. The van der Waals surface area contributed by atoms with Crippen LogP contribution in [0.15, 0.2) is 16.4 Å². The zero-order valence-corrected chi connectivity index (χ0v) is 19.2. The molecule has 2 atom stereocenters. The van der Waals surface area contributed by atoms with Crippen LogP contribution >= 0.6 is 47.0 Å². The van der Waals surface area contributed by atoms with E-state index >= 15 is 0 Å². The van der Waals surface area contributed by atoms with Crippen molar-refractivity contribution >= 4 is 64.8 Å². The molecular weight excluding hydrogens is 470 g/mol. The number of aromatic nitrogens is 4. The molecule has 2 N–H and O–H groups in total. The van der Waals surface area contributed by atoms with Crippen molar-refractivity contribution in [3.8, 4) is 6.07 Å². The first-order valence-corrected chi connectivity index (χ1v) is 12.8. The Bertz CT molecular complexity index is 946. The first-order chi connectivity index (χ1) is 14.4. The van der Waals surface area contributed by atoms with Gasteiger partial charge in [-0.15, -0.1) is 40.4 Å². The van der Waals surface area contributed by atoms with E-state index in [0.29, 0.717) is 22.2 Å². The lowest BCUT2D eigenvalue weighted by atomic mass is 10.0. The fourth-order valence-electron chi connectivity index (χ4n) is 2.98. The molecule has 0 bridgehead atoms. The minimum absolute atomic E-state index is 0.0514. The molecule has 160 valence electrons. The normalized spacial score (nSPS) is 22.9. The van der Waals surface area contributed by atoms with Crippen molar-refractivity contribution in [3.63, 3.8) is 0 Å². The van der Waals surface area contributed by atoms with E-state index in [2.05, 4.69) is 20.8 Å². The van der Waals surface area contributed by atoms with Crippen LogP contribution in [0.25, 0.3) is 0 Å². The number of tetrazole rings is 1. The van der Waals surface area contributed by atoms with Gasteiger partial charge in [0.25, 0.3) is 5.91 Å². The fourth-order valence-corrected chi connectivity index (χ4v) is 7.05. The van der Waals surface area contributed by atoms with E-state index in [1.165, 1.54) is 44.9 Å². The molecule has 0 saturated carbocycles. The van der Waals surface area contributed by atoms with Crippen molar-refractivity contribution in [2.24, 2.45) is 7.05 Å². The maximum Gasteiger partial charge on any atom is 0.352 e. The molecule has 1 aromatic heterocycles. The van der Waals surface area contributed by atoms with Gasteiger partial charge in [0, 0.05) is 18.6 Å². The Labute approximate surface area is 188 Å². The van der Waals surface area contributed by atoms with Gasteiger partial charge in [0.15, 0.2) is 4.87 Å². The highest BCUT2D eigenvalue weighted by molar-refractivity contribution is 8.05. The number of aliphatic carboxylic acids is 1. The number of carboxylic acid groups (broad SMARTS) is 1. The number of nitriles is 1. The molecule has 2 amide bonds. The number of carbonyl (C=O) groups excluding carboxylic acids is 2. The van der Waals surface area contributed by atoms with Gasteiger partial charge >= 0.3 is 5.97 Å². The molecular formula is C15H17N7O4S4. The van der Waals surface area contributed by atoms with Crippen LogP contribution in [0.4, 0.5) is 0 Å². The van der Waals surface area contributed by atoms with Gasteiger partial charge in [-0.25, -0.2) is 9.48 Å². The largest absolute Gasteiger partial charge is 0.477 e. The molecule has 3 heterocycles. The quantitative estimate of drug-likeness (QED) is 0.208. The summed E-state index contributed by atoms with van der Waals surface area (Å²) in [5.41, 5.74) is 0.542. The summed E-state index contributed by atoms with van der Waals surface area (Å²) >= 11 is 5.03. The number of aryl methyl sites for hydroxylation is 1. The van der Waals surface area contributed by atoms with Crippen LogP contribution in [0.3, 0.4) is 0 Å². The third-order valence-corrected chi connectivity index (χ3v) is 8.90. The molecule has 1 fully saturated rings. The van der Waals surface area contributed by atoms with Crippen molar-refractivity contribution in [1.82, 2.24) is 30.4 Å². The highest BCUT2D eigenvalue weighted by atomic mass is 32.2. The molecule has 0 aliphatic carbocycles. The van der Waals surface area contributed by atoms with Crippen LogP contribution in [0.2, 0.25) is 0 Å². The maximum atomic E-state index is 13.0. The number of amides is 2. The predicted octanol–water partition coefficient (Wildman–Crippen LogP) is -0.0117. The van der Waals surface area contributed by atoms with Gasteiger partial charge in [-0.1, -0.05) is 11.8 Å². The highest BCUT2D eigenvalue weighted by Gasteiger charge is 2.65. The monoisotopic (exact) mass is 487 g/mol. The molecule has 3 rings (SSSR count). The van der Waals surface area contributed by atoms with E-state index in [1.807, 2.05) is 6.07 Å². The third-order valence-electron chi connectivity index (χ3n) is 4.32. The van der Waals surface area contributed by atoms with Gasteiger partial charge in [-0.2, -0.15) is 5.26 Å². The number of nitrogens with zero attached hydrogens (tertiary/aromatic N) is 6. The van der Waals surface area contributed by atoms with Crippen molar-refractivity contribution in [2.45, 2.75) is 15.4 Å². The van der Waals surface area contributed by atoms with E-state index in [0.717, 1.165) is 11.8 Å². The zero-order valence-electron chi connectivity index (χ0n) is 15.9. The Kier molecular flexibility index (Phi) is 7.22. The topological polar surface area (TPSA) is 154 Å². The summed E-state index contributed by atoms with van der Waals surface area (Å²) in [5.74, 6) is -1.08. The zero-order chi connectivity index (χ0) is 21.9. The van der Waals surface area contributed by atoms with Crippen LogP contribution in [0.5, 0.6) is 0 Å². The summed E-state index contributed by atoms with van der Waals surface area (Å²) in [4.78, 5) is 37.3. The second-order valence-electron chi connectivity index (χ2n) is 6.11. The third kappa shape index (κ3) is 4.13. The van der Waals surface area contributed by atoms with Crippen LogP contribution in [0, 0.1) is 11.3 Å². The summed E-state index contributed by atoms with van der Waals surface area (Å²) in [6.07, 6.45) is 1.70. The molecule has 0 aromatic carbocycles. The average Bonchev–Trinajstić information content (AvgIpc) is 3.14. The van der Waals surface area contributed by atoms with Gasteiger partial charge in [0.05, 0.1) is 17.6 Å². The molecule has 11 nitrogen and oxygen atoms in total. The molecule has 2 aliphatic rings. The van der Waals surface area contributed by atoms with E-state index < -0.39 is 22.1 Å². The molecule has 1 aromatic rings. The van der Waals surface area contributed by atoms with Crippen molar-refractivity contribution in [3.05, 3.63) is 11.3 Å². The van der Waals surface area contributed by atoms with Crippen LogP contribution in [-0.2, 0) is 21.4 Å². The number of carbonyl (C=O) groups is 3. The first-order valence-electron chi connectivity index (χ1n) is 8.42. The lowest BCUT2D eigenvalue weighted by Gasteiger charge is -2.56. The Morgan fingerprint density at radius 1 is 1.50 bits per heavy atom. The summed E-state index contributed by atoms with van der Waals surface area (Å²) in [6.45, 7) is 0. The van der Waals surface area contributed by atoms with E-state index in [9.17, 15) is 19.5 Å². The maximum absolute atomic E-state index is 13.0. The Morgan fingerprint density at radius 2 is 2.27 bits per heavy atom. The smallest absolute Gasteiger partial charge is 0.352 e. The SMILES string of the molecule is CS[C@@]1(NC(=O)CSCC#N)C(=O)N2C(C(=O)O)=C(CSc3nnnn3C)CSC21. The number of thioether (sulfide) groups is 4. The molecule has 15 heteroatoms. The van der Waals surface area contributed by atoms with Crippen molar-refractivity contribution < 1.29 is 19.5 Å². The number of fused-ring (bicyclic) bond motifs is 1. The molecule has 1 unspecified atom stereocenters. The highest BCUT2D eigenvalue weighted by Crippen LogP contribution is 2.51. The van der Waals surface area contributed by atoms with Gasteiger partial charge < -0.3 is 10.4 Å². The summed E-state index contributed by atoms with van der Waals surface area (Å²) < 4.78 is 1.48. The second-order valence-corrected chi connectivity index (χ2v) is 10.2. The molecule has 0 spiro atoms. The minimum atomic E-state index is -1.22. The Morgan fingerprint density at radius 3 is 2.87 bits per heavy atom. The molecule has 1 saturated heterocycles. The number of β-lactam (4-membered cyclic amide) rings is 1. The molecule has 2 aliphatic heterocycles. The number of hydrogen-bond donors (Lipinski definition) is 2. The number of nitrogens with one attached hydrogen (secondary N) is 1. The lowest BCUT2D eigenvalue weighted by molar-refractivity contribution is -0.152. The van der Waals surface area contributed by atoms with Gasteiger partial charge in [0.1, 0.15) is 11.1 Å². The van der Waals surface area contributed by atoms with Crippen LogP contribution in [0.1, 0.15) is 0 Å². The van der Waals surface area contributed by atoms with Crippen molar-refractivity contribution in [2.75, 3.05) is 29.3 Å². The van der Waals surface area contributed by atoms with Crippen molar-refractivity contribution in [1.29, 1.82) is 5.26 Å². The Hall–Kier alpha value is -1.89. The lowest BCUT2D eigenvalue weighted by Crippen LogP contribution is -2.78. The second kappa shape index (κ2) is 9.50. The molecule has 30 heavy (non-hydrogen) atoms. The predicted molar refractivity (Wildman–Crippen MR) is 115 cm³/mol. The number of rotatable bonds is 9.